The highest BCUT2D eigenvalue weighted by atomic mass is 16.5. The van der Waals surface area contributed by atoms with Crippen molar-refractivity contribution in [1.82, 2.24) is 0 Å². The maximum Gasteiger partial charge on any atom is 0.250 e. The van der Waals surface area contributed by atoms with Gasteiger partial charge < -0.3 is 10.1 Å². The normalized spacial score (nSPS) is 10.0. The van der Waals surface area contributed by atoms with Crippen LogP contribution in [-0.4, -0.2) is 19.1 Å². The Kier molecular flexibility index (Phi) is 5.18. The summed E-state index contributed by atoms with van der Waals surface area (Å²) in [6.45, 7) is 4.68. The molecule has 0 aliphatic rings. The lowest BCUT2D eigenvalue weighted by molar-refractivity contribution is -0.120. The fourth-order valence-electron chi connectivity index (χ4n) is 1.21. The Balaban J connectivity index is 2.37. The summed E-state index contributed by atoms with van der Waals surface area (Å²) in [7, 11) is 0. The van der Waals surface area contributed by atoms with E-state index < -0.39 is 0 Å². The van der Waals surface area contributed by atoms with Gasteiger partial charge in [-0.05, 0) is 30.2 Å². The first kappa shape index (κ1) is 13.2. The molecule has 1 rings (SSSR count). The first-order valence-electron chi connectivity index (χ1n) is 5.49. The second-order valence-corrected chi connectivity index (χ2v) is 4.15. The van der Waals surface area contributed by atoms with E-state index >= 15 is 0 Å². The van der Waals surface area contributed by atoms with Crippen molar-refractivity contribution in [2.75, 3.05) is 18.5 Å². The van der Waals surface area contributed by atoms with Crippen LogP contribution in [0.2, 0.25) is 0 Å². The Morgan fingerprint density at radius 3 is 2.59 bits per heavy atom. The topological polar surface area (TPSA) is 62.1 Å². The molecule has 0 atom stereocenters. The van der Waals surface area contributed by atoms with Crippen LogP contribution in [0.1, 0.15) is 19.4 Å². The van der Waals surface area contributed by atoms with Gasteiger partial charge in [0.05, 0.1) is 11.6 Å². The molecule has 4 nitrogen and oxygen atoms in total. The van der Waals surface area contributed by atoms with E-state index in [9.17, 15) is 4.79 Å². The molecular formula is C13H16N2O2. The molecule has 17 heavy (non-hydrogen) atoms. The quantitative estimate of drug-likeness (QED) is 0.846. The van der Waals surface area contributed by atoms with Crippen LogP contribution >= 0.6 is 0 Å². The first-order chi connectivity index (χ1) is 8.11. The fourth-order valence-corrected chi connectivity index (χ4v) is 1.21. The molecule has 90 valence electrons. The summed E-state index contributed by atoms with van der Waals surface area (Å²) in [4.78, 5) is 11.4. The van der Waals surface area contributed by atoms with Crippen LogP contribution in [0, 0.1) is 17.2 Å². The van der Waals surface area contributed by atoms with E-state index in [2.05, 4.69) is 5.32 Å². The van der Waals surface area contributed by atoms with Gasteiger partial charge in [0, 0.05) is 12.3 Å². The Hall–Kier alpha value is -1.86. The second-order valence-electron chi connectivity index (χ2n) is 4.15. The number of nitrogens with one attached hydrogen (secondary N) is 1. The Labute approximate surface area is 101 Å². The molecule has 1 aromatic carbocycles. The third-order valence-corrected chi connectivity index (χ3v) is 1.98. The van der Waals surface area contributed by atoms with Gasteiger partial charge in [-0.1, -0.05) is 13.8 Å². The number of amides is 1. The molecule has 0 radical (unpaired) electrons. The predicted molar refractivity (Wildman–Crippen MR) is 65.4 cm³/mol. The average Bonchev–Trinajstić information content (AvgIpc) is 2.29. The van der Waals surface area contributed by atoms with E-state index in [4.69, 9.17) is 10.00 Å². The maximum absolute atomic E-state index is 11.4. The summed E-state index contributed by atoms with van der Waals surface area (Å²) in [5, 5.41) is 11.3. The largest absolute Gasteiger partial charge is 0.371 e. The van der Waals surface area contributed by atoms with Crippen LogP contribution in [0.3, 0.4) is 0 Å². The number of ether oxygens (including phenoxy) is 1. The highest BCUT2D eigenvalue weighted by Crippen LogP contribution is 2.08. The minimum Gasteiger partial charge on any atom is -0.371 e. The summed E-state index contributed by atoms with van der Waals surface area (Å²) >= 11 is 0. The van der Waals surface area contributed by atoms with Crippen molar-refractivity contribution in [3.63, 3.8) is 0 Å². The number of carbonyl (C=O) groups is 1. The summed E-state index contributed by atoms with van der Waals surface area (Å²) in [5.41, 5.74) is 1.24. The number of hydrogen-bond donors (Lipinski definition) is 1. The molecule has 1 aromatic rings. The number of rotatable bonds is 5. The third kappa shape index (κ3) is 5.14. The SMILES string of the molecule is CC(C)COCC(=O)Nc1ccc(C#N)cc1. The zero-order valence-corrected chi connectivity index (χ0v) is 10.1. The van der Waals surface area contributed by atoms with E-state index in [0.717, 1.165) is 0 Å². The van der Waals surface area contributed by atoms with E-state index in [0.29, 0.717) is 23.8 Å². The Morgan fingerprint density at radius 1 is 1.41 bits per heavy atom. The zero-order chi connectivity index (χ0) is 12.7. The summed E-state index contributed by atoms with van der Waals surface area (Å²) < 4.78 is 5.21. The van der Waals surface area contributed by atoms with Gasteiger partial charge in [-0.25, -0.2) is 0 Å². The molecule has 0 heterocycles. The smallest absolute Gasteiger partial charge is 0.250 e. The van der Waals surface area contributed by atoms with Crippen molar-refractivity contribution in [3.05, 3.63) is 29.8 Å². The molecule has 0 spiro atoms. The molecule has 0 aromatic heterocycles. The number of nitriles is 1. The monoisotopic (exact) mass is 232 g/mol. The van der Waals surface area contributed by atoms with Gasteiger partial charge in [0.1, 0.15) is 6.61 Å². The van der Waals surface area contributed by atoms with E-state index in [1.165, 1.54) is 0 Å². The highest BCUT2D eigenvalue weighted by Gasteiger charge is 2.03. The molecule has 1 amide bonds. The van der Waals surface area contributed by atoms with Crippen LogP contribution in [0.15, 0.2) is 24.3 Å². The van der Waals surface area contributed by atoms with Gasteiger partial charge >= 0.3 is 0 Å². The number of anilines is 1. The van der Waals surface area contributed by atoms with Crippen molar-refractivity contribution in [3.8, 4) is 6.07 Å². The van der Waals surface area contributed by atoms with Crippen molar-refractivity contribution >= 4 is 11.6 Å². The van der Waals surface area contributed by atoms with Crippen LogP contribution in [0.4, 0.5) is 5.69 Å². The highest BCUT2D eigenvalue weighted by molar-refractivity contribution is 5.91. The van der Waals surface area contributed by atoms with Crippen molar-refractivity contribution in [1.29, 1.82) is 5.26 Å². The Morgan fingerprint density at radius 2 is 2.06 bits per heavy atom. The Bertz CT molecular complexity index is 404. The van der Waals surface area contributed by atoms with Gasteiger partial charge in [0.15, 0.2) is 0 Å². The lowest BCUT2D eigenvalue weighted by Gasteiger charge is -2.07. The fraction of sp³-hybridized carbons (Fsp3) is 0.385. The molecule has 0 bridgehead atoms. The summed E-state index contributed by atoms with van der Waals surface area (Å²) in [5.74, 6) is 0.230. The van der Waals surface area contributed by atoms with Crippen LogP contribution in [-0.2, 0) is 9.53 Å². The predicted octanol–water partition coefficient (Wildman–Crippen LogP) is 2.17. The van der Waals surface area contributed by atoms with Crippen LogP contribution in [0.25, 0.3) is 0 Å². The standard InChI is InChI=1S/C13H16N2O2/c1-10(2)8-17-9-13(16)15-12-5-3-11(7-14)4-6-12/h3-6,10H,8-9H2,1-2H3,(H,15,16). The van der Waals surface area contributed by atoms with Crippen LogP contribution < -0.4 is 5.32 Å². The summed E-state index contributed by atoms with van der Waals surface area (Å²) in [6.07, 6.45) is 0. The maximum atomic E-state index is 11.4. The first-order valence-corrected chi connectivity index (χ1v) is 5.49. The molecule has 0 saturated carbocycles. The van der Waals surface area contributed by atoms with E-state index in [1.807, 2.05) is 19.9 Å². The van der Waals surface area contributed by atoms with Gasteiger partial charge in [0.2, 0.25) is 5.91 Å². The molecule has 4 heteroatoms. The molecule has 1 N–H and O–H groups in total. The number of benzene rings is 1. The molecule has 0 fully saturated rings. The zero-order valence-electron chi connectivity index (χ0n) is 10.1. The molecule has 0 saturated heterocycles. The third-order valence-electron chi connectivity index (χ3n) is 1.98. The van der Waals surface area contributed by atoms with E-state index in [-0.39, 0.29) is 12.5 Å². The van der Waals surface area contributed by atoms with Crippen LogP contribution in [0.5, 0.6) is 0 Å². The van der Waals surface area contributed by atoms with Crippen molar-refractivity contribution < 1.29 is 9.53 Å². The number of carbonyl (C=O) groups excluding carboxylic acids is 1. The lowest BCUT2D eigenvalue weighted by atomic mass is 10.2. The van der Waals surface area contributed by atoms with Gasteiger partial charge in [-0.2, -0.15) is 5.26 Å². The molecule has 0 aliphatic heterocycles. The average molecular weight is 232 g/mol. The van der Waals surface area contributed by atoms with Gasteiger partial charge in [-0.15, -0.1) is 0 Å². The lowest BCUT2D eigenvalue weighted by Crippen LogP contribution is -2.19. The van der Waals surface area contributed by atoms with Crippen molar-refractivity contribution in [2.45, 2.75) is 13.8 Å². The van der Waals surface area contributed by atoms with Gasteiger partial charge in [-0.3, -0.25) is 4.79 Å². The number of nitrogens with zero attached hydrogens (tertiary/aromatic N) is 1. The number of hydrogen-bond acceptors (Lipinski definition) is 3. The molecular weight excluding hydrogens is 216 g/mol. The second kappa shape index (κ2) is 6.66. The van der Waals surface area contributed by atoms with Gasteiger partial charge in [0.25, 0.3) is 0 Å². The molecule has 0 unspecified atom stereocenters. The molecule has 0 aliphatic carbocycles. The minimum atomic E-state index is -0.185. The van der Waals surface area contributed by atoms with E-state index in [1.54, 1.807) is 24.3 Å². The van der Waals surface area contributed by atoms with Crippen molar-refractivity contribution in [2.24, 2.45) is 5.92 Å². The minimum absolute atomic E-state index is 0.0538. The summed E-state index contributed by atoms with van der Waals surface area (Å²) in [6, 6.07) is 8.72.